The number of ether oxygens (including phenoxy) is 1. The van der Waals surface area contributed by atoms with E-state index in [1.165, 1.54) is 5.57 Å². The lowest BCUT2D eigenvalue weighted by Gasteiger charge is -2.12. The second-order valence-electron chi connectivity index (χ2n) is 3.05. The van der Waals surface area contributed by atoms with Crippen LogP contribution in [0.5, 0.6) is 0 Å². The first-order chi connectivity index (χ1) is 6.90. The molecule has 1 aromatic heterocycles. The van der Waals surface area contributed by atoms with Gasteiger partial charge in [-0.1, -0.05) is 6.08 Å². The predicted octanol–water partition coefficient (Wildman–Crippen LogP) is 2.28. The standard InChI is InChI=1S/C10H10N2O2/c13-12-10-2-1-9(7-11-10)8-3-5-14-6-4-8/h1-3,7H,4-6H2. The molecule has 0 unspecified atom stereocenters. The summed E-state index contributed by atoms with van der Waals surface area (Å²) >= 11 is 0. The molecule has 0 N–H and O–H groups in total. The molecule has 0 spiro atoms. The number of nitrogens with zero attached hydrogens (tertiary/aromatic N) is 2. The molecule has 0 bridgehead atoms. The summed E-state index contributed by atoms with van der Waals surface area (Å²) in [5, 5.41) is 2.75. The van der Waals surface area contributed by atoms with E-state index in [-0.39, 0.29) is 5.82 Å². The third-order valence-electron chi connectivity index (χ3n) is 2.18. The SMILES string of the molecule is O=Nc1ccc(C2=CCOCC2)cn1. The van der Waals surface area contributed by atoms with Crippen molar-refractivity contribution in [3.8, 4) is 0 Å². The van der Waals surface area contributed by atoms with Crippen LogP contribution < -0.4 is 0 Å². The lowest BCUT2D eigenvalue weighted by atomic mass is 10.0. The van der Waals surface area contributed by atoms with E-state index >= 15 is 0 Å². The highest BCUT2D eigenvalue weighted by molar-refractivity contribution is 5.66. The Bertz CT molecular complexity index is 357. The lowest BCUT2D eigenvalue weighted by molar-refractivity contribution is 0.161. The van der Waals surface area contributed by atoms with Gasteiger partial charge >= 0.3 is 0 Å². The van der Waals surface area contributed by atoms with E-state index in [0.29, 0.717) is 6.61 Å². The maximum Gasteiger partial charge on any atom is 0.196 e. The minimum Gasteiger partial charge on any atom is -0.377 e. The molecule has 0 radical (unpaired) electrons. The maximum atomic E-state index is 10.1. The highest BCUT2D eigenvalue weighted by Crippen LogP contribution is 2.21. The summed E-state index contributed by atoms with van der Waals surface area (Å²) in [5.41, 5.74) is 2.27. The maximum absolute atomic E-state index is 10.1. The first-order valence-corrected chi connectivity index (χ1v) is 4.47. The topological polar surface area (TPSA) is 51.5 Å². The van der Waals surface area contributed by atoms with Crippen LogP contribution in [0.1, 0.15) is 12.0 Å². The van der Waals surface area contributed by atoms with E-state index in [9.17, 15) is 4.91 Å². The number of hydrogen-bond acceptors (Lipinski definition) is 4. The summed E-state index contributed by atoms with van der Waals surface area (Å²) in [6.45, 7) is 1.41. The smallest absolute Gasteiger partial charge is 0.196 e. The highest BCUT2D eigenvalue weighted by atomic mass is 16.5. The average Bonchev–Trinajstić information content (AvgIpc) is 2.30. The number of rotatable bonds is 2. The van der Waals surface area contributed by atoms with Crippen molar-refractivity contribution in [1.82, 2.24) is 4.98 Å². The van der Waals surface area contributed by atoms with Crippen LogP contribution in [-0.4, -0.2) is 18.2 Å². The summed E-state index contributed by atoms with van der Waals surface area (Å²) in [5.74, 6) is 0.224. The molecule has 0 saturated carbocycles. The Morgan fingerprint density at radius 1 is 1.43 bits per heavy atom. The van der Waals surface area contributed by atoms with Crippen LogP contribution in [0.15, 0.2) is 29.6 Å². The van der Waals surface area contributed by atoms with Crippen molar-refractivity contribution in [2.45, 2.75) is 6.42 Å². The molecule has 4 heteroatoms. The number of nitroso groups, excluding NO2 is 1. The molecule has 1 aliphatic rings. The highest BCUT2D eigenvalue weighted by Gasteiger charge is 2.06. The molecule has 0 fully saturated rings. The van der Waals surface area contributed by atoms with E-state index in [0.717, 1.165) is 18.6 Å². The van der Waals surface area contributed by atoms with Gasteiger partial charge in [0.2, 0.25) is 0 Å². The van der Waals surface area contributed by atoms with Crippen molar-refractivity contribution in [2.75, 3.05) is 13.2 Å². The molecule has 0 aromatic carbocycles. The quantitative estimate of drug-likeness (QED) is 0.672. The van der Waals surface area contributed by atoms with Crippen LogP contribution in [0.25, 0.3) is 5.57 Å². The minimum absolute atomic E-state index is 0.224. The second-order valence-corrected chi connectivity index (χ2v) is 3.05. The van der Waals surface area contributed by atoms with Crippen molar-refractivity contribution in [3.63, 3.8) is 0 Å². The van der Waals surface area contributed by atoms with Gasteiger partial charge in [-0.2, -0.15) is 0 Å². The van der Waals surface area contributed by atoms with Gasteiger partial charge in [-0.05, 0) is 34.9 Å². The molecule has 0 amide bonds. The fraction of sp³-hybridized carbons (Fsp3) is 0.300. The van der Waals surface area contributed by atoms with Gasteiger partial charge in [0.15, 0.2) is 5.82 Å². The van der Waals surface area contributed by atoms with Gasteiger partial charge in [0, 0.05) is 6.20 Å². The van der Waals surface area contributed by atoms with E-state index in [1.54, 1.807) is 12.3 Å². The van der Waals surface area contributed by atoms with Crippen LogP contribution in [0, 0.1) is 4.91 Å². The Hall–Kier alpha value is -1.55. The van der Waals surface area contributed by atoms with Gasteiger partial charge in [-0.3, -0.25) is 0 Å². The molecule has 1 aromatic rings. The summed E-state index contributed by atoms with van der Waals surface area (Å²) < 4.78 is 5.20. The molecule has 4 nitrogen and oxygen atoms in total. The molecule has 2 heterocycles. The molecule has 72 valence electrons. The Morgan fingerprint density at radius 2 is 2.36 bits per heavy atom. The molecule has 14 heavy (non-hydrogen) atoms. The van der Waals surface area contributed by atoms with Gasteiger partial charge in [0.05, 0.1) is 13.2 Å². The van der Waals surface area contributed by atoms with Crippen molar-refractivity contribution >= 4 is 11.4 Å². The first kappa shape index (κ1) is 9.02. The van der Waals surface area contributed by atoms with Gasteiger partial charge in [0.25, 0.3) is 0 Å². The molecule has 1 aliphatic heterocycles. The summed E-state index contributed by atoms with van der Waals surface area (Å²) in [4.78, 5) is 14.1. The molecule has 0 saturated heterocycles. The Morgan fingerprint density at radius 3 is 2.93 bits per heavy atom. The van der Waals surface area contributed by atoms with E-state index in [2.05, 4.69) is 10.2 Å². The zero-order valence-electron chi connectivity index (χ0n) is 7.64. The van der Waals surface area contributed by atoms with Crippen molar-refractivity contribution in [3.05, 3.63) is 34.9 Å². The predicted molar refractivity (Wildman–Crippen MR) is 53.1 cm³/mol. The van der Waals surface area contributed by atoms with Crippen LogP contribution in [0.2, 0.25) is 0 Å². The first-order valence-electron chi connectivity index (χ1n) is 4.47. The van der Waals surface area contributed by atoms with Gasteiger partial charge in [-0.25, -0.2) is 4.98 Å². The Labute approximate surface area is 81.6 Å². The molecular formula is C10H10N2O2. The second kappa shape index (κ2) is 4.11. The lowest BCUT2D eigenvalue weighted by Crippen LogP contribution is -2.03. The summed E-state index contributed by atoms with van der Waals surface area (Å²) in [7, 11) is 0. The zero-order chi connectivity index (χ0) is 9.80. The van der Waals surface area contributed by atoms with Crippen LogP contribution in [-0.2, 0) is 4.74 Å². The molecule has 0 atom stereocenters. The van der Waals surface area contributed by atoms with E-state index < -0.39 is 0 Å². The average molecular weight is 190 g/mol. The monoisotopic (exact) mass is 190 g/mol. The molecule has 2 rings (SSSR count). The van der Waals surface area contributed by atoms with Crippen LogP contribution in [0.3, 0.4) is 0 Å². The number of aromatic nitrogens is 1. The largest absolute Gasteiger partial charge is 0.377 e. The van der Waals surface area contributed by atoms with E-state index in [1.807, 2.05) is 12.1 Å². The van der Waals surface area contributed by atoms with Crippen LogP contribution in [0.4, 0.5) is 5.82 Å². The Balaban J connectivity index is 2.23. The molecule has 0 aliphatic carbocycles. The normalized spacial score (nSPS) is 16.1. The fourth-order valence-electron chi connectivity index (χ4n) is 1.42. The summed E-state index contributed by atoms with van der Waals surface area (Å²) in [6.07, 6.45) is 4.61. The minimum atomic E-state index is 0.224. The molecular weight excluding hydrogens is 180 g/mol. The number of pyridine rings is 1. The number of hydrogen-bond donors (Lipinski definition) is 0. The zero-order valence-corrected chi connectivity index (χ0v) is 7.64. The summed E-state index contributed by atoms with van der Waals surface area (Å²) in [6, 6.07) is 3.49. The van der Waals surface area contributed by atoms with Gasteiger partial charge < -0.3 is 4.74 Å². The Kier molecular flexibility index (Phi) is 2.65. The fourth-order valence-corrected chi connectivity index (χ4v) is 1.42. The van der Waals surface area contributed by atoms with Crippen molar-refractivity contribution < 1.29 is 4.74 Å². The van der Waals surface area contributed by atoms with Gasteiger partial charge in [0.1, 0.15) is 0 Å². The third kappa shape index (κ3) is 1.85. The third-order valence-corrected chi connectivity index (χ3v) is 2.18. The van der Waals surface area contributed by atoms with Gasteiger partial charge in [-0.15, -0.1) is 4.91 Å². The van der Waals surface area contributed by atoms with E-state index in [4.69, 9.17) is 4.74 Å². The van der Waals surface area contributed by atoms with Crippen LogP contribution >= 0.6 is 0 Å². The van der Waals surface area contributed by atoms with Crippen molar-refractivity contribution in [1.29, 1.82) is 0 Å². The van der Waals surface area contributed by atoms with Crippen molar-refractivity contribution in [2.24, 2.45) is 5.18 Å².